The van der Waals surface area contributed by atoms with Crippen molar-refractivity contribution in [3.8, 4) is 0 Å². The topological polar surface area (TPSA) is 135 Å². The number of amides is 2. The molecule has 0 saturated heterocycles. The molecular weight excluding hydrogens is 574 g/mol. The fraction of sp³-hybridized carbons (Fsp3) is 0.577. The Morgan fingerprint density at radius 1 is 1.12 bits per heavy atom. The number of alkyl halides is 5. The maximum atomic E-state index is 15.8. The Kier molecular flexibility index (Phi) is 8.44. The minimum atomic E-state index is -3.49. The number of hydrogen-bond donors (Lipinski definition) is 3. The summed E-state index contributed by atoms with van der Waals surface area (Å²) in [7, 11) is 1.20. The molecule has 2 aliphatic rings. The first-order chi connectivity index (χ1) is 20.0. The van der Waals surface area contributed by atoms with Crippen molar-refractivity contribution in [1.82, 2.24) is 30.9 Å². The van der Waals surface area contributed by atoms with E-state index in [1.165, 1.54) is 24.6 Å². The molecule has 2 aromatic heterocycles. The lowest BCUT2D eigenvalue weighted by Crippen LogP contribution is -2.40. The van der Waals surface area contributed by atoms with E-state index in [9.17, 15) is 31.5 Å². The van der Waals surface area contributed by atoms with Crippen LogP contribution in [0, 0.1) is 11.7 Å². The highest BCUT2D eigenvalue weighted by molar-refractivity contribution is 5.93. The van der Waals surface area contributed by atoms with Crippen molar-refractivity contribution in [1.29, 1.82) is 0 Å². The van der Waals surface area contributed by atoms with E-state index in [-0.39, 0.29) is 46.9 Å². The number of aromatic nitrogens is 4. The van der Waals surface area contributed by atoms with E-state index in [0.29, 0.717) is 5.69 Å². The van der Waals surface area contributed by atoms with Crippen LogP contribution < -0.4 is 10.6 Å². The van der Waals surface area contributed by atoms with E-state index in [0.717, 1.165) is 12.8 Å². The Bertz CT molecular complexity index is 1430. The molecule has 0 bridgehead atoms. The lowest BCUT2D eigenvalue weighted by Gasteiger charge is -2.33. The SMILES string of the molecule is COCC(C(=O)NC(F)C(F)F)c1ccc2[nH]c([C@@H](NC(=O)c3nonc3C3CC3)C3CCC(F)(F)CC3)nc2c1F. The number of fused-ring (bicyclic) bond motifs is 1. The van der Waals surface area contributed by atoms with Gasteiger partial charge in [0.25, 0.3) is 12.3 Å². The highest BCUT2D eigenvalue weighted by Crippen LogP contribution is 2.43. The van der Waals surface area contributed by atoms with Crippen LogP contribution in [0.2, 0.25) is 0 Å². The van der Waals surface area contributed by atoms with Crippen molar-refractivity contribution >= 4 is 22.8 Å². The van der Waals surface area contributed by atoms with Crippen molar-refractivity contribution < 1.29 is 45.3 Å². The Balaban J connectivity index is 1.47. The van der Waals surface area contributed by atoms with Crippen LogP contribution in [0.1, 0.15) is 84.0 Å². The molecule has 2 heterocycles. The Morgan fingerprint density at radius 3 is 2.48 bits per heavy atom. The predicted molar refractivity (Wildman–Crippen MR) is 133 cm³/mol. The van der Waals surface area contributed by atoms with Crippen molar-refractivity contribution in [3.05, 3.63) is 40.7 Å². The first-order valence-corrected chi connectivity index (χ1v) is 13.4. The molecule has 0 aliphatic heterocycles. The zero-order valence-corrected chi connectivity index (χ0v) is 22.3. The number of aromatic amines is 1. The van der Waals surface area contributed by atoms with Crippen molar-refractivity contribution in [2.45, 2.75) is 75.0 Å². The molecule has 3 aromatic rings. The number of rotatable bonds is 11. The number of methoxy groups -OCH3 is 1. The molecule has 0 spiro atoms. The van der Waals surface area contributed by atoms with Gasteiger partial charge in [-0.05, 0) is 42.8 Å². The normalized spacial score (nSPS) is 19.5. The minimum Gasteiger partial charge on any atom is -0.384 e. The number of nitrogens with one attached hydrogen (secondary N) is 3. The van der Waals surface area contributed by atoms with Crippen molar-refractivity contribution in [2.24, 2.45) is 5.92 Å². The van der Waals surface area contributed by atoms with Crippen LogP contribution in [0.15, 0.2) is 16.8 Å². The van der Waals surface area contributed by atoms with Gasteiger partial charge < -0.3 is 20.4 Å². The number of halogens is 6. The molecule has 0 radical (unpaired) electrons. The lowest BCUT2D eigenvalue weighted by atomic mass is 9.81. The molecule has 2 fully saturated rings. The van der Waals surface area contributed by atoms with Crippen LogP contribution in [0.4, 0.5) is 26.3 Å². The van der Waals surface area contributed by atoms with Gasteiger partial charge in [-0.2, -0.15) is 0 Å². The highest BCUT2D eigenvalue weighted by atomic mass is 19.3. The molecule has 5 rings (SSSR count). The van der Waals surface area contributed by atoms with Gasteiger partial charge in [-0.1, -0.05) is 11.2 Å². The standard InChI is InChI=1S/C26H28F6N6O4/c1-41-10-14(24(39)36-22(30)21(28)29)13-4-5-15-19(16(13)27)34-23(33-15)18(12-6-8-26(31,32)9-7-12)35-25(40)20-17(11-2-3-11)37-42-38-20/h4-5,11-12,14,18,21-22H,2-3,6-10H2,1H3,(H,33,34)(H,35,40)(H,36,39)/t14?,18-,22?/m0/s1. The van der Waals surface area contributed by atoms with Crippen LogP contribution in [-0.4, -0.2) is 64.5 Å². The summed E-state index contributed by atoms with van der Waals surface area (Å²) in [5.74, 6) is -7.61. The number of carbonyl (C=O) groups is 2. The fourth-order valence-corrected chi connectivity index (χ4v) is 5.26. The van der Waals surface area contributed by atoms with Gasteiger partial charge in [0.15, 0.2) is 11.5 Å². The van der Waals surface area contributed by atoms with E-state index in [2.05, 4.69) is 25.6 Å². The molecule has 16 heteroatoms. The average Bonchev–Trinajstić information content (AvgIpc) is 3.49. The number of carbonyl (C=O) groups excluding carboxylic acids is 2. The van der Waals surface area contributed by atoms with Crippen LogP contribution >= 0.6 is 0 Å². The Labute approximate surface area is 234 Å². The maximum Gasteiger partial charge on any atom is 0.287 e. The van der Waals surface area contributed by atoms with E-state index in [1.807, 2.05) is 0 Å². The quantitative estimate of drug-likeness (QED) is 0.215. The first-order valence-electron chi connectivity index (χ1n) is 13.4. The molecule has 3 N–H and O–H groups in total. The number of hydrogen-bond acceptors (Lipinski definition) is 7. The van der Waals surface area contributed by atoms with Gasteiger partial charge in [-0.25, -0.2) is 36.0 Å². The van der Waals surface area contributed by atoms with E-state index >= 15 is 4.39 Å². The minimum absolute atomic E-state index is 0.0309. The second-order valence-corrected chi connectivity index (χ2v) is 10.7. The maximum absolute atomic E-state index is 15.8. The molecule has 2 unspecified atom stereocenters. The zero-order chi connectivity index (χ0) is 30.2. The monoisotopic (exact) mass is 602 g/mol. The van der Waals surface area contributed by atoms with Crippen molar-refractivity contribution in [2.75, 3.05) is 13.7 Å². The Morgan fingerprint density at radius 2 is 1.83 bits per heavy atom. The molecule has 2 saturated carbocycles. The van der Waals surface area contributed by atoms with Gasteiger partial charge in [0.2, 0.25) is 18.1 Å². The van der Waals surface area contributed by atoms with Crippen LogP contribution in [-0.2, 0) is 9.53 Å². The van der Waals surface area contributed by atoms with Gasteiger partial charge in [-0.15, -0.1) is 0 Å². The van der Waals surface area contributed by atoms with Gasteiger partial charge in [0.1, 0.15) is 17.0 Å². The van der Waals surface area contributed by atoms with Gasteiger partial charge in [-0.3, -0.25) is 9.59 Å². The average molecular weight is 603 g/mol. The summed E-state index contributed by atoms with van der Waals surface area (Å²) >= 11 is 0. The summed E-state index contributed by atoms with van der Waals surface area (Å²) in [6.07, 6.45) is -5.56. The molecule has 228 valence electrons. The van der Waals surface area contributed by atoms with Crippen molar-refractivity contribution in [3.63, 3.8) is 0 Å². The zero-order valence-electron chi connectivity index (χ0n) is 22.3. The number of H-pyrrole nitrogens is 1. The number of ether oxygens (including phenoxy) is 1. The van der Waals surface area contributed by atoms with E-state index in [1.54, 1.807) is 0 Å². The van der Waals surface area contributed by atoms with Gasteiger partial charge >= 0.3 is 0 Å². The third-order valence-corrected chi connectivity index (χ3v) is 7.68. The van der Waals surface area contributed by atoms with E-state index in [4.69, 9.17) is 9.37 Å². The highest BCUT2D eigenvalue weighted by Gasteiger charge is 2.41. The second-order valence-electron chi connectivity index (χ2n) is 10.7. The summed E-state index contributed by atoms with van der Waals surface area (Å²) in [6, 6.07) is 1.63. The largest absolute Gasteiger partial charge is 0.384 e. The summed E-state index contributed by atoms with van der Waals surface area (Å²) in [4.78, 5) is 33.0. The summed E-state index contributed by atoms with van der Waals surface area (Å²) in [5.41, 5.74) is -0.0321. The lowest BCUT2D eigenvalue weighted by molar-refractivity contribution is -0.127. The summed E-state index contributed by atoms with van der Waals surface area (Å²) < 4.78 is 92.2. The van der Waals surface area contributed by atoms with Gasteiger partial charge in [0.05, 0.1) is 24.1 Å². The third-order valence-electron chi connectivity index (χ3n) is 7.68. The number of imidazole rings is 1. The predicted octanol–water partition coefficient (Wildman–Crippen LogP) is 4.67. The molecular formula is C26H28F6N6O4. The van der Waals surface area contributed by atoms with Crippen LogP contribution in [0.25, 0.3) is 11.0 Å². The van der Waals surface area contributed by atoms with Crippen LogP contribution in [0.3, 0.4) is 0 Å². The second kappa shape index (κ2) is 11.9. The summed E-state index contributed by atoms with van der Waals surface area (Å²) in [5, 5.41) is 11.8. The first kappa shape index (κ1) is 29.8. The van der Waals surface area contributed by atoms with Gasteiger partial charge in [0, 0.05) is 31.4 Å². The molecule has 2 aliphatic carbocycles. The molecule has 3 atom stereocenters. The Hall–Kier alpha value is -3.69. The number of benzene rings is 1. The molecule has 10 nitrogen and oxygen atoms in total. The summed E-state index contributed by atoms with van der Waals surface area (Å²) in [6.45, 7) is -0.453. The molecule has 42 heavy (non-hydrogen) atoms. The molecule has 2 amide bonds. The van der Waals surface area contributed by atoms with Crippen LogP contribution in [0.5, 0.6) is 0 Å². The third kappa shape index (κ3) is 6.22. The fourth-order valence-electron chi connectivity index (χ4n) is 5.26. The van der Waals surface area contributed by atoms with E-state index < -0.39 is 73.6 Å². The number of nitrogens with zero attached hydrogens (tertiary/aromatic N) is 3. The smallest absolute Gasteiger partial charge is 0.287 e. The molecule has 1 aromatic carbocycles.